The Balaban J connectivity index is 1.95. The van der Waals surface area contributed by atoms with Crippen molar-refractivity contribution < 1.29 is 14.7 Å². The summed E-state index contributed by atoms with van der Waals surface area (Å²) < 4.78 is 0. The van der Waals surface area contributed by atoms with Gasteiger partial charge in [0.25, 0.3) is 11.8 Å². The number of fused-ring (bicyclic) bond motifs is 1. The van der Waals surface area contributed by atoms with Crippen molar-refractivity contribution in [1.29, 1.82) is 0 Å². The maximum Gasteiger partial charge on any atom is 0.272 e. The van der Waals surface area contributed by atoms with E-state index in [1.807, 2.05) is 13.0 Å². The fourth-order valence-corrected chi connectivity index (χ4v) is 4.32. The topological polar surface area (TPSA) is 109 Å². The molecule has 2 heterocycles. The highest BCUT2D eigenvalue weighted by Gasteiger charge is 2.29. The predicted octanol–water partition coefficient (Wildman–Crippen LogP) is 3.02. The summed E-state index contributed by atoms with van der Waals surface area (Å²) in [6.45, 7) is 2.27. The molecule has 3 aromatic rings. The number of phenolic OH excluding ortho intramolecular Hbond substituents is 1. The molecule has 1 aliphatic rings. The van der Waals surface area contributed by atoms with Gasteiger partial charge in [-0.1, -0.05) is 6.07 Å². The first-order valence-electron chi connectivity index (χ1n) is 8.99. The second kappa shape index (κ2) is 6.89. The number of aryl methyl sites for hydroxylation is 1. The van der Waals surface area contributed by atoms with E-state index < -0.39 is 0 Å². The number of thiazole rings is 1. The third kappa shape index (κ3) is 3.11. The molecule has 0 bridgehead atoms. The van der Waals surface area contributed by atoms with E-state index in [1.54, 1.807) is 37.7 Å². The number of aromatic nitrogens is 1. The van der Waals surface area contributed by atoms with Gasteiger partial charge in [0.15, 0.2) is 0 Å². The SMILES string of the molecule is Cc1ccc(O)cc1-c1cc(-c2nc(C(=O)N(C)C)cs2)c2c(c1N)C(=O)NC2. The van der Waals surface area contributed by atoms with Crippen molar-refractivity contribution in [3.05, 3.63) is 52.0 Å². The summed E-state index contributed by atoms with van der Waals surface area (Å²) in [5, 5.41) is 15.1. The third-order valence-corrected chi connectivity index (χ3v) is 5.87. The lowest BCUT2D eigenvalue weighted by atomic mass is 9.91. The van der Waals surface area contributed by atoms with Crippen LogP contribution in [-0.2, 0) is 6.54 Å². The molecule has 0 saturated heterocycles. The van der Waals surface area contributed by atoms with Crippen LogP contribution in [0.5, 0.6) is 5.75 Å². The highest BCUT2D eigenvalue weighted by molar-refractivity contribution is 7.13. The summed E-state index contributed by atoms with van der Waals surface area (Å²) >= 11 is 1.34. The van der Waals surface area contributed by atoms with Crippen LogP contribution in [-0.4, -0.2) is 40.9 Å². The van der Waals surface area contributed by atoms with Gasteiger partial charge in [-0.2, -0.15) is 0 Å². The van der Waals surface area contributed by atoms with Crippen molar-refractivity contribution in [2.24, 2.45) is 0 Å². The van der Waals surface area contributed by atoms with Crippen LogP contribution in [0.25, 0.3) is 21.7 Å². The molecular weight excluding hydrogens is 388 g/mol. The Hall–Kier alpha value is -3.39. The molecule has 7 nitrogen and oxygen atoms in total. The molecule has 4 rings (SSSR count). The second-order valence-corrected chi connectivity index (χ2v) is 8.02. The number of aromatic hydroxyl groups is 1. The van der Waals surface area contributed by atoms with E-state index in [4.69, 9.17) is 5.73 Å². The van der Waals surface area contributed by atoms with Crippen LogP contribution in [0.2, 0.25) is 0 Å². The monoisotopic (exact) mass is 408 g/mol. The first-order chi connectivity index (χ1) is 13.8. The number of phenols is 1. The van der Waals surface area contributed by atoms with Crippen LogP contribution in [0.4, 0.5) is 5.69 Å². The summed E-state index contributed by atoms with van der Waals surface area (Å²) in [5.74, 6) is -0.304. The number of nitrogens with zero attached hydrogens (tertiary/aromatic N) is 2. The lowest BCUT2D eigenvalue weighted by Crippen LogP contribution is -2.21. The van der Waals surface area contributed by atoms with Crippen LogP contribution >= 0.6 is 11.3 Å². The predicted molar refractivity (Wildman–Crippen MR) is 113 cm³/mol. The number of amides is 2. The molecule has 0 aliphatic carbocycles. The number of nitrogen functional groups attached to an aromatic ring is 1. The maximum absolute atomic E-state index is 12.5. The lowest BCUT2D eigenvalue weighted by Gasteiger charge is -2.15. The Kier molecular flexibility index (Phi) is 4.50. The van der Waals surface area contributed by atoms with Crippen LogP contribution in [0.3, 0.4) is 0 Å². The molecule has 4 N–H and O–H groups in total. The fraction of sp³-hybridized carbons (Fsp3) is 0.190. The highest BCUT2D eigenvalue weighted by Crippen LogP contribution is 2.42. The molecule has 1 aliphatic heterocycles. The molecule has 1 aromatic heterocycles. The standard InChI is InChI=1S/C21H20N4O3S/c1-10-4-5-11(26)6-12(10)13-7-14(15-8-23-19(27)17(15)18(13)22)20-24-16(9-29-20)21(28)25(2)3/h4-7,9,26H,8,22H2,1-3H3,(H,23,27). The first-order valence-corrected chi connectivity index (χ1v) is 9.87. The number of anilines is 1. The van der Waals surface area contributed by atoms with Gasteiger partial charge in [-0.25, -0.2) is 4.98 Å². The number of hydrogen-bond acceptors (Lipinski definition) is 6. The van der Waals surface area contributed by atoms with Crippen molar-refractivity contribution in [2.75, 3.05) is 19.8 Å². The molecule has 0 saturated carbocycles. The van der Waals surface area contributed by atoms with E-state index in [0.717, 1.165) is 22.3 Å². The van der Waals surface area contributed by atoms with Crippen molar-refractivity contribution in [3.63, 3.8) is 0 Å². The Morgan fingerprint density at radius 3 is 2.72 bits per heavy atom. The molecule has 2 amide bonds. The Labute approximate surface area is 171 Å². The number of nitrogens with two attached hydrogens (primary N) is 1. The van der Waals surface area contributed by atoms with Gasteiger partial charge >= 0.3 is 0 Å². The van der Waals surface area contributed by atoms with Crippen LogP contribution in [0.1, 0.15) is 32.0 Å². The molecule has 0 radical (unpaired) electrons. The minimum atomic E-state index is -0.237. The van der Waals surface area contributed by atoms with Crippen molar-refractivity contribution in [3.8, 4) is 27.4 Å². The minimum Gasteiger partial charge on any atom is -0.508 e. The van der Waals surface area contributed by atoms with E-state index in [2.05, 4.69) is 10.3 Å². The maximum atomic E-state index is 12.5. The smallest absolute Gasteiger partial charge is 0.272 e. The van der Waals surface area contributed by atoms with Gasteiger partial charge in [-0.15, -0.1) is 11.3 Å². The Morgan fingerprint density at radius 2 is 2.00 bits per heavy atom. The molecular formula is C21H20N4O3S. The molecule has 0 unspecified atom stereocenters. The second-order valence-electron chi connectivity index (χ2n) is 7.16. The van der Waals surface area contributed by atoms with E-state index in [-0.39, 0.29) is 17.6 Å². The van der Waals surface area contributed by atoms with Crippen LogP contribution in [0.15, 0.2) is 29.6 Å². The van der Waals surface area contributed by atoms with Gasteiger partial charge in [0.05, 0.1) is 11.3 Å². The summed E-state index contributed by atoms with van der Waals surface area (Å²) in [6, 6.07) is 6.93. The molecule has 0 fully saturated rings. The zero-order valence-electron chi connectivity index (χ0n) is 16.2. The van der Waals surface area contributed by atoms with Crippen molar-refractivity contribution >= 4 is 28.8 Å². The van der Waals surface area contributed by atoms with Gasteiger partial charge in [0, 0.05) is 37.1 Å². The number of benzene rings is 2. The number of nitrogens with one attached hydrogen (secondary N) is 1. The minimum absolute atomic E-state index is 0.115. The Morgan fingerprint density at radius 1 is 1.24 bits per heavy atom. The van der Waals surface area contributed by atoms with Crippen LogP contribution in [0, 0.1) is 6.92 Å². The third-order valence-electron chi connectivity index (χ3n) is 5.00. The molecule has 29 heavy (non-hydrogen) atoms. The molecule has 0 atom stereocenters. The van der Waals surface area contributed by atoms with Gasteiger partial charge in [-0.05, 0) is 41.8 Å². The highest BCUT2D eigenvalue weighted by atomic mass is 32.1. The van der Waals surface area contributed by atoms with Gasteiger partial charge < -0.3 is 21.1 Å². The van der Waals surface area contributed by atoms with Crippen LogP contribution < -0.4 is 11.1 Å². The van der Waals surface area contributed by atoms with E-state index in [0.29, 0.717) is 34.1 Å². The normalized spacial score (nSPS) is 12.6. The largest absolute Gasteiger partial charge is 0.508 e. The zero-order valence-corrected chi connectivity index (χ0v) is 17.1. The van der Waals surface area contributed by atoms with E-state index >= 15 is 0 Å². The van der Waals surface area contributed by atoms with Crippen molar-refractivity contribution in [1.82, 2.24) is 15.2 Å². The van der Waals surface area contributed by atoms with E-state index in [9.17, 15) is 14.7 Å². The molecule has 0 spiro atoms. The molecule has 8 heteroatoms. The fourth-order valence-electron chi connectivity index (χ4n) is 3.48. The van der Waals surface area contributed by atoms with Gasteiger partial charge in [-0.3, -0.25) is 9.59 Å². The number of carbonyl (C=O) groups is 2. The zero-order chi connectivity index (χ0) is 20.9. The summed E-state index contributed by atoms with van der Waals surface area (Å²) in [6.07, 6.45) is 0. The lowest BCUT2D eigenvalue weighted by molar-refractivity contribution is 0.0822. The molecule has 2 aromatic carbocycles. The quantitative estimate of drug-likeness (QED) is 0.577. The van der Waals surface area contributed by atoms with Gasteiger partial charge in [0.2, 0.25) is 0 Å². The van der Waals surface area contributed by atoms with Gasteiger partial charge in [0.1, 0.15) is 16.5 Å². The first kappa shape index (κ1) is 18.9. The Bertz CT molecular complexity index is 1170. The number of rotatable bonds is 3. The average molecular weight is 408 g/mol. The van der Waals surface area contributed by atoms with Crippen molar-refractivity contribution in [2.45, 2.75) is 13.5 Å². The molecule has 148 valence electrons. The van der Waals surface area contributed by atoms with E-state index in [1.165, 1.54) is 16.2 Å². The summed E-state index contributed by atoms with van der Waals surface area (Å²) in [4.78, 5) is 30.7. The average Bonchev–Trinajstić information content (AvgIpc) is 3.31. The summed E-state index contributed by atoms with van der Waals surface area (Å²) in [5.41, 5.74) is 11.4. The number of carbonyl (C=O) groups excluding carboxylic acids is 2. The number of hydrogen-bond donors (Lipinski definition) is 3. The summed E-state index contributed by atoms with van der Waals surface area (Å²) in [7, 11) is 3.35.